The SMILES string of the molecule is CCc1ccccc1NC(=O)CN1CCN(C(=O)CN2CCN(c3ncnc4[nH]ccc34)CC2)CC1. The molecule has 2 aliphatic rings. The maximum atomic E-state index is 12.9. The monoisotopic (exact) mass is 490 g/mol. The largest absolute Gasteiger partial charge is 0.353 e. The zero-order valence-electron chi connectivity index (χ0n) is 20.8. The van der Waals surface area contributed by atoms with Gasteiger partial charge in [0.2, 0.25) is 11.8 Å². The Kier molecular flexibility index (Phi) is 7.43. The van der Waals surface area contributed by atoms with Gasteiger partial charge in [0.1, 0.15) is 17.8 Å². The molecular formula is C26H34N8O2. The summed E-state index contributed by atoms with van der Waals surface area (Å²) >= 11 is 0. The summed E-state index contributed by atoms with van der Waals surface area (Å²) in [5.74, 6) is 1.11. The topological polar surface area (TPSA) is 101 Å². The molecule has 3 aromatic rings. The van der Waals surface area contributed by atoms with E-state index in [1.807, 2.05) is 41.4 Å². The first-order valence-corrected chi connectivity index (χ1v) is 12.7. The number of H-pyrrole nitrogens is 1. The van der Waals surface area contributed by atoms with Crippen LogP contribution in [-0.2, 0) is 16.0 Å². The number of benzene rings is 1. The third-order valence-corrected chi connectivity index (χ3v) is 7.13. The zero-order valence-corrected chi connectivity index (χ0v) is 20.8. The van der Waals surface area contributed by atoms with Crippen LogP contribution in [0.15, 0.2) is 42.9 Å². The molecule has 0 radical (unpaired) electrons. The van der Waals surface area contributed by atoms with Crippen LogP contribution in [0.25, 0.3) is 11.0 Å². The molecule has 0 aliphatic carbocycles. The van der Waals surface area contributed by atoms with Gasteiger partial charge in [0, 0.05) is 64.2 Å². The second-order valence-corrected chi connectivity index (χ2v) is 9.42. The Morgan fingerprint density at radius 3 is 2.42 bits per heavy atom. The summed E-state index contributed by atoms with van der Waals surface area (Å²) in [6.45, 7) is 8.90. The van der Waals surface area contributed by atoms with Crippen molar-refractivity contribution in [1.29, 1.82) is 0 Å². The van der Waals surface area contributed by atoms with Gasteiger partial charge in [-0.15, -0.1) is 0 Å². The number of fused-ring (bicyclic) bond motifs is 1. The predicted octanol–water partition coefficient (Wildman–Crippen LogP) is 1.43. The summed E-state index contributed by atoms with van der Waals surface area (Å²) in [7, 11) is 0. The van der Waals surface area contributed by atoms with Crippen molar-refractivity contribution in [3.8, 4) is 0 Å². The number of nitrogens with zero attached hydrogens (tertiary/aromatic N) is 6. The van der Waals surface area contributed by atoms with Crippen molar-refractivity contribution < 1.29 is 9.59 Å². The highest BCUT2D eigenvalue weighted by Crippen LogP contribution is 2.23. The van der Waals surface area contributed by atoms with Crippen molar-refractivity contribution >= 4 is 34.4 Å². The van der Waals surface area contributed by atoms with Crippen LogP contribution < -0.4 is 10.2 Å². The number of para-hydroxylation sites is 1. The molecular weight excluding hydrogens is 456 g/mol. The van der Waals surface area contributed by atoms with Crippen LogP contribution in [0.3, 0.4) is 0 Å². The number of carbonyl (C=O) groups excluding carboxylic acids is 2. The van der Waals surface area contributed by atoms with Crippen molar-refractivity contribution in [2.75, 3.05) is 75.7 Å². The molecule has 0 saturated carbocycles. The molecule has 2 aromatic heterocycles. The number of piperazine rings is 2. The molecule has 1 aromatic carbocycles. The van der Waals surface area contributed by atoms with Crippen LogP contribution >= 0.6 is 0 Å². The Morgan fingerprint density at radius 2 is 1.64 bits per heavy atom. The average Bonchev–Trinajstić information content (AvgIpc) is 3.39. The molecule has 2 amide bonds. The van der Waals surface area contributed by atoms with E-state index in [1.165, 1.54) is 0 Å². The van der Waals surface area contributed by atoms with Crippen molar-refractivity contribution in [2.24, 2.45) is 0 Å². The third kappa shape index (κ3) is 5.50. The summed E-state index contributed by atoms with van der Waals surface area (Å²) in [4.78, 5) is 45.9. The van der Waals surface area contributed by atoms with Gasteiger partial charge in [-0.1, -0.05) is 25.1 Å². The second kappa shape index (κ2) is 11.0. The number of rotatable bonds is 7. The highest BCUT2D eigenvalue weighted by atomic mass is 16.2. The molecule has 2 N–H and O–H groups in total. The maximum Gasteiger partial charge on any atom is 0.238 e. The predicted molar refractivity (Wildman–Crippen MR) is 140 cm³/mol. The quantitative estimate of drug-likeness (QED) is 0.517. The number of aryl methyl sites for hydroxylation is 1. The first kappa shape index (κ1) is 24.2. The molecule has 0 spiro atoms. The van der Waals surface area contributed by atoms with Crippen molar-refractivity contribution in [3.63, 3.8) is 0 Å². The van der Waals surface area contributed by atoms with Crippen LogP contribution in [0.1, 0.15) is 12.5 Å². The van der Waals surface area contributed by atoms with Crippen LogP contribution in [0.2, 0.25) is 0 Å². The Balaban J connectivity index is 1.05. The van der Waals surface area contributed by atoms with Crippen molar-refractivity contribution in [2.45, 2.75) is 13.3 Å². The number of carbonyl (C=O) groups is 2. The number of aromatic nitrogens is 3. The summed E-state index contributed by atoms with van der Waals surface area (Å²) in [6.07, 6.45) is 4.36. The fourth-order valence-electron chi connectivity index (χ4n) is 5.02. The number of anilines is 2. The number of amides is 2. The van der Waals surface area contributed by atoms with Crippen LogP contribution in [0, 0.1) is 0 Å². The lowest BCUT2D eigenvalue weighted by atomic mass is 10.1. The van der Waals surface area contributed by atoms with E-state index in [1.54, 1.807) is 6.33 Å². The molecule has 4 heterocycles. The molecule has 5 rings (SSSR count). The van der Waals surface area contributed by atoms with Gasteiger partial charge in [-0.3, -0.25) is 19.4 Å². The Bertz CT molecular complexity index is 1200. The molecule has 2 saturated heterocycles. The maximum absolute atomic E-state index is 12.9. The van der Waals surface area contributed by atoms with E-state index < -0.39 is 0 Å². The molecule has 190 valence electrons. The minimum absolute atomic E-state index is 0.00542. The Hall–Kier alpha value is -3.50. The first-order chi connectivity index (χ1) is 17.6. The van der Waals surface area contributed by atoms with Gasteiger partial charge in [0.15, 0.2) is 0 Å². The Morgan fingerprint density at radius 1 is 0.917 bits per heavy atom. The van der Waals surface area contributed by atoms with Crippen LogP contribution in [-0.4, -0.2) is 107 Å². The van der Waals surface area contributed by atoms with E-state index in [0.717, 1.165) is 60.7 Å². The van der Waals surface area contributed by atoms with Gasteiger partial charge in [-0.05, 0) is 24.1 Å². The molecule has 0 unspecified atom stereocenters. The lowest BCUT2D eigenvalue weighted by molar-refractivity contribution is -0.134. The molecule has 10 heteroatoms. The van der Waals surface area contributed by atoms with Crippen LogP contribution in [0.4, 0.5) is 11.5 Å². The zero-order chi connectivity index (χ0) is 24.9. The minimum atomic E-state index is -0.00542. The third-order valence-electron chi connectivity index (χ3n) is 7.13. The molecule has 0 atom stereocenters. The normalized spacial score (nSPS) is 17.5. The van der Waals surface area contributed by atoms with E-state index >= 15 is 0 Å². The van der Waals surface area contributed by atoms with E-state index in [0.29, 0.717) is 39.3 Å². The smallest absolute Gasteiger partial charge is 0.238 e. The second-order valence-electron chi connectivity index (χ2n) is 9.42. The molecule has 2 fully saturated rings. The van der Waals surface area contributed by atoms with Gasteiger partial charge in [0.25, 0.3) is 0 Å². The van der Waals surface area contributed by atoms with Gasteiger partial charge in [-0.2, -0.15) is 0 Å². The van der Waals surface area contributed by atoms with Gasteiger partial charge in [0.05, 0.1) is 18.5 Å². The van der Waals surface area contributed by atoms with Crippen molar-refractivity contribution in [3.05, 3.63) is 48.4 Å². The van der Waals surface area contributed by atoms with Gasteiger partial charge < -0.3 is 20.1 Å². The standard InChI is InChI=1S/C26H34N8O2/c1-2-20-5-3-4-6-22(20)30-23(35)17-31-9-13-33(14-10-31)24(36)18-32-11-15-34(16-12-32)26-21-7-8-27-25(21)28-19-29-26/h3-8,19H,2,9-18H2,1H3,(H,30,35)(H,27,28,29). The number of aromatic amines is 1. The Labute approximate surface area is 211 Å². The van der Waals surface area contributed by atoms with E-state index in [-0.39, 0.29) is 11.8 Å². The van der Waals surface area contributed by atoms with E-state index in [4.69, 9.17) is 0 Å². The minimum Gasteiger partial charge on any atom is -0.353 e. The molecule has 36 heavy (non-hydrogen) atoms. The van der Waals surface area contributed by atoms with E-state index in [2.05, 4.69) is 41.9 Å². The fourth-order valence-corrected chi connectivity index (χ4v) is 5.02. The van der Waals surface area contributed by atoms with Gasteiger partial charge in [-0.25, -0.2) is 9.97 Å². The first-order valence-electron chi connectivity index (χ1n) is 12.7. The summed E-state index contributed by atoms with van der Waals surface area (Å²) < 4.78 is 0. The highest BCUT2D eigenvalue weighted by molar-refractivity contribution is 5.93. The number of hydrogen-bond acceptors (Lipinski definition) is 7. The lowest BCUT2D eigenvalue weighted by Crippen LogP contribution is -2.54. The lowest BCUT2D eigenvalue weighted by Gasteiger charge is -2.38. The molecule has 10 nitrogen and oxygen atoms in total. The summed E-state index contributed by atoms with van der Waals surface area (Å²) in [6, 6.07) is 9.92. The van der Waals surface area contributed by atoms with Crippen LogP contribution in [0.5, 0.6) is 0 Å². The average molecular weight is 491 g/mol. The van der Waals surface area contributed by atoms with Crippen molar-refractivity contribution in [1.82, 2.24) is 29.7 Å². The fraction of sp³-hybridized carbons (Fsp3) is 0.462. The number of nitrogens with one attached hydrogen (secondary N) is 2. The molecule has 0 bridgehead atoms. The van der Waals surface area contributed by atoms with E-state index in [9.17, 15) is 9.59 Å². The summed E-state index contributed by atoms with van der Waals surface area (Å²) in [5, 5.41) is 4.07. The number of hydrogen-bond donors (Lipinski definition) is 2. The van der Waals surface area contributed by atoms with Gasteiger partial charge >= 0.3 is 0 Å². The molecule has 2 aliphatic heterocycles. The summed E-state index contributed by atoms with van der Waals surface area (Å²) in [5.41, 5.74) is 2.87. The highest BCUT2D eigenvalue weighted by Gasteiger charge is 2.26.